The van der Waals surface area contributed by atoms with Gasteiger partial charge in [-0.15, -0.1) is 36.3 Å². The molecular formula is C14H34Cu2N10O2+2. The molecule has 0 aromatic rings. The first kappa shape index (κ1) is 41.2. The van der Waals surface area contributed by atoms with Crippen LogP contribution in [-0.4, -0.2) is 32.2 Å². The first-order valence-electron chi connectivity index (χ1n) is 7.81. The molecular weight excluding hydrogens is 467 g/mol. The predicted octanol–water partition coefficient (Wildman–Crippen LogP) is 2.33. The average Bonchev–Trinajstić information content (AvgIpc) is 2.59. The van der Waals surface area contributed by atoms with Gasteiger partial charge in [0.05, 0.1) is 0 Å². The Kier molecular flexibility index (Phi) is 53.9. The molecule has 1 unspecified atom stereocenters. The van der Waals surface area contributed by atoms with Crippen LogP contribution in [0.4, 0.5) is 0 Å². The summed E-state index contributed by atoms with van der Waals surface area (Å²) in [5, 5.41) is 8.65. The van der Waals surface area contributed by atoms with Crippen molar-refractivity contribution in [2.75, 3.05) is 26.2 Å². The Morgan fingerprint density at radius 1 is 1.07 bits per heavy atom. The maximum Gasteiger partial charge on any atom is 1.00 e. The van der Waals surface area contributed by atoms with E-state index in [1.807, 2.05) is 18.2 Å². The number of hydrogen-bond donors (Lipinski definition) is 4. The van der Waals surface area contributed by atoms with Crippen molar-refractivity contribution in [3.63, 3.8) is 0 Å². The first-order valence-corrected chi connectivity index (χ1v) is 7.81. The van der Waals surface area contributed by atoms with E-state index in [4.69, 9.17) is 33.6 Å². The van der Waals surface area contributed by atoms with E-state index in [-0.39, 0.29) is 45.1 Å². The minimum absolute atomic E-state index is 0. The Morgan fingerprint density at radius 2 is 1.64 bits per heavy atom. The molecule has 1 saturated heterocycles. The number of hydrogen-bond acceptors (Lipinski definition) is 4. The van der Waals surface area contributed by atoms with Crippen molar-refractivity contribution in [1.29, 1.82) is 11.1 Å². The van der Waals surface area contributed by atoms with Gasteiger partial charge in [-0.1, -0.05) is 37.8 Å². The predicted molar refractivity (Wildman–Crippen MR) is 107 cm³/mol. The normalized spacial score (nSPS) is 15.1. The van der Waals surface area contributed by atoms with Gasteiger partial charge in [-0.2, -0.15) is 5.70 Å². The molecule has 1 fully saturated rings. The maximum absolute atomic E-state index is 6.86. The molecule has 0 bridgehead atoms. The van der Waals surface area contributed by atoms with Gasteiger partial charge in [0.25, 0.3) is 0 Å². The van der Waals surface area contributed by atoms with Crippen LogP contribution in [0.15, 0.2) is 23.9 Å². The van der Waals surface area contributed by atoms with E-state index in [0.717, 1.165) is 38.2 Å². The van der Waals surface area contributed by atoms with Crippen molar-refractivity contribution in [1.82, 2.24) is 0 Å². The summed E-state index contributed by atoms with van der Waals surface area (Å²) in [4.78, 5) is 3.50. The third-order valence-electron chi connectivity index (χ3n) is 3.06. The van der Waals surface area contributed by atoms with Gasteiger partial charge in [-0.3, -0.25) is 0 Å². The molecule has 12 nitrogen and oxygen atoms in total. The van der Waals surface area contributed by atoms with Gasteiger partial charge in [-0.05, 0) is 40.4 Å². The van der Waals surface area contributed by atoms with E-state index in [1.165, 1.54) is 19.3 Å². The molecule has 14 heteroatoms. The Balaban J connectivity index is -0.0000000609. The van der Waals surface area contributed by atoms with Gasteiger partial charge >= 0.3 is 34.1 Å². The van der Waals surface area contributed by atoms with Gasteiger partial charge in [0.1, 0.15) is 0 Å². The SMILES string of the molecule is NCCC1=CC=CC[N-]1.NCCC1CCCC[N-]1.[Cu+].[Cu+].[N-]=[N+]=N.[N-]=[N+]=N.[OH3+].[OH3+]. The number of nitrogens with zero attached hydrogens (tertiary/aromatic N) is 6. The van der Waals surface area contributed by atoms with E-state index in [1.54, 1.807) is 9.82 Å². The first-order chi connectivity index (χ1) is 11.7. The summed E-state index contributed by atoms with van der Waals surface area (Å²) in [6, 6.07) is 0.601. The van der Waals surface area contributed by atoms with Crippen LogP contribution in [0.3, 0.4) is 0 Å². The summed E-state index contributed by atoms with van der Waals surface area (Å²) in [5.41, 5.74) is 36.4. The topological polar surface area (TPSA) is 267 Å². The summed E-state index contributed by atoms with van der Waals surface area (Å²) in [7, 11) is 0. The van der Waals surface area contributed by atoms with Crippen molar-refractivity contribution in [2.24, 2.45) is 11.5 Å². The van der Waals surface area contributed by atoms with E-state index < -0.39 is 0 Å². The quantitative estimate of drug-likeness (QED) is 0.148. The fraction of sp³-hybridized carbons (Fsp3) is 0.714. The van der Waals surface area contributed by atoms with Crippen molar-refractivity contribution in [3.8, 4) is 0 Å². The molecule has 0 aromatic heterocycles. The zero-order valence-corrected chi connectivity index (χ0v) is 17.7. The van der Waals surface area contributed by atoms with Crippen LogP contribution in [0.2, 0.25) is 0 Å². The van der Waals surface area contributed by atoms with Gasteiger partial charge < -0.3 is 33.1 Å². The van der Waals surface area contributed by atoms with Crippen LogP contribution in [0, 0.1) is 11.1 Å². The van der Waals surface area contributed by atoms with Gasteiger partial charge in [0.15, 0.2) is 0 Å². The number of piperidine rings is 1. The fourth-order valence-corrected chi connectivity index (χ4v) is 2.06. The Hall–Kier alpha value is -1.26. The number of rotatable bonds is 4. The minimum Gasteiger partial charge on any atom is -0.685 e. The molecule has 0 spiro atoms. The van der Waals surface area contributed by atoms with Crippen molar-refractivity contribution in [2.45, 2.75) is 38.1 Å². The largest absolute Gasteiger partial charge is 1.00 e. The third kappa shape index (κ3) is 32.4. The Labute approximate surface area is 187 Å². The smallest absolute Gasteiger partial charge is 0.685 e. The molecule has 12 N–H and O–H groups in total. The van der Waals surface area contributed by atoms with Crippen LogP contribution in [0.1, 0.15) is 32.1 Å². The summed E-state index contributed by atoms with van der Waals surface area (Å²) >= 11 is 0. The van der Waals surface area contributed by atoms with Gasteiger partial charge in [-0.25, -0.2) is 0 Å². The Bertz CT molecular complexity index is 406. The molecule has 0 saturated carbocycles. The summed E-state index contributed by atoms with van der Waals surface area (Å²) in [6.45, 7) is 3.40. The average molecular weight is 502 g/mol. The standard InChI is InChI=1S/C7H15N2.C7H11N2.2Cu.2HN3.2H2O/c2*8-5-4-7-3-1-2-6-9-7;;;2*1-3-2;;/h7H,1-6,8H2;1-3H,4-6,8H2;;;2*1H;2*1H2/q2*-1;2*+1;;;;/p+2. The van der Waals surface area contributed by atoms with Gasteiger partial charge in [0, 0.05) is 0 Å². The van der Waals surface area contributed by atoms with Crippen LogP contribution >= 0.6 is 0 Å². The van der Waals surface area contributed by atoms with Crippen molar-refractivity contribution >= 4 is 0 Å². The molecule has 0 aromatic carbocycles. The van der Waals surface area contributed by atoms with E-state index in [9.17, 15) is 0 Å². The molecule has 2 aliphatic heterocycles. The minimum atomic E-state index is 0. The molecule has 0 radical (unpaired) electrons. The molecule has 2 heterocycles. The zero-order valence-electron chi connectivity index (χ0n) is 15.8. The summed E-state index contributed by atoms with van der Waals surface area (Å²) in [6.07, 6.45) is 12.0. The molecule has 1 atom stereocenters. The van der Waals surface area contributed by atoms with E-state index >= 15 is 0 Å². The number of allylic oxidation sites excluding steroid dienone is 2. The van der Waals surface area contributed by atoms with E-state index in [2.05, 4.69) is 10.6 Å². The molecule has 0 amide bonds. The second-order valence-electron chi connectivity index (χ2n) is 4.80. The van der Waals surface area contributed by atoms with E-state index in [0.29, 0.717) is 12.6 Å². The second-order valence-corrected chi connectivity index (χ2v) is 4.80. The fourth-order valence-electron chi connectivity index (χ4n) is 2.06. The van der Waals surface area contributed by atoms with Crippen LogP contribution in [-0.2, 0) is 45.1 Å². The number of nitrogens with one attached hydrogen (secondary N) is 2. The maximum atomic E-state index is 6.86. The van der Waals surface area contributed by atoms with Crippen LogP contribution in [0.5, 0.6) is 0 Å². The monoisotopic (exact) mass is 500 g/mol. The number of nitrogens with two attached hydrogens (primary N) is 2. The molecule has 2 rings (SSSR count). The van der Waals surface area contributed by atoms with Crippen molar-refractivity contribution in [3.05, 3.63) is 55.4 Å². The molecule has 2 aliphatic rings. The zero-order chi connectivity index (χ0) is 18.5. The summed E-state index contributed by atoms with van der Waals surface area (Å²) < 4.78 is 0. The van der Waals surface area contributed by atoms with Crippen molar-refractivity contribution < 1.29 is 45.1 Å². The van der Waals surface area contributed by atoms with Crippen LogP contribution < -0.4 is 11.5 Å². The molecule has 28 heavy (non-hydrogen) atoms. The molecule has 0 aliphatic carbocycles. The summed E-state index contributed by atoms with van der Waals surface area (Å²) in [5.74, 6) is 0. The second kappa shape index (κ2) is 36.6. The van der Waals surface area contributed by atoms with Crippen LogP contribution in [0.25, 0.3) is 31.5 Å². The third-order valence-corrected chi connectivity index (χ3v) is 3.06. The molecule has 172 valence electrons. The Morgan fingerprint density at radius 3 is 2.00 bits per heavy atom. The van der Waals surface area contributed by atoms with Gasteiger partial charge in [0.2, 0.25) is 0 Å².